The summed E-state index contributed by atoms with van der Waals surface area (Å²) in [6.45, 7) is 6.56. The summed E-state index contributed by atoms with van der Waals surface area (Å²) in [5, 5.41) is 0. The number of halogens is 3. The summed E-state index contributed by atoms with van der Waals surface area (Å²) in [7, 11) is 0. The number of esters is 1. The second kappa shape index (κ2) is 8.83. The zero-order valence-electron chi connectivity index (χ0n) is 17.7. The predicted molar refractivity (Wildman–Crippen MR) is 111 cm³/mol. The van der Waals surface area contributed by atoms with Crippen molar-refractivity contribution < 1.29 is 22.7 Å². The summed E-state index contributed by atoms with van der Waals surface area (Å²) in [6, 6.07) is 15.0. The topological polar surface area (TPSA) is 26.3 Å². The van der Waals surface area contributed by atoms with E-state index in [-0.39, 0.29) is 29.8 Å². The Balaban J connectivity index is 1.71. The Hall–Kier alpha value is -2.30. The number of carbonyl (C=O) groups excluding carboxylic acids is 1. The molecule has 2 aromatic carbocycles. The van der Waals surface area contributed by atoms with Crippen molar-refractivity contribution in [3.05, 3.63) is 71.3 Å². The van der Waals surface area contributed by atoms with Gasteiger partial charge in [-0.15, -0.1) is 0 Å². The zero-order chi connectivity index (χ0) is 21.9. The van der Waals surface area contributed by atoms with E-state index in [1.54, 1.807) is 0 Å². The van der Waals surface area contributed by atoms with Crippen LogP contribution in [-0.2, 0) is 27.5 Å². The van der Waals surface area contributed by atoms with Crippen LogP contribution in [0.4, 0.5) is 13.2 Å². The van der Waals surface area contributed by atoms with Gasteiger partial charge in [0.1, 0.15) is 6.10 Å². The van der Waals surface area contributed by atoms with Crippen molar-refractivity contribution >= 4 is 5.97 Å². The molecule has 2 nitrogen and oxygen atoms in total. The van der Waals surface area contributed by atoms with Gasteiger partial charge in [0.05, 0.1) is 12.0 Å². The minimum atomic E-state index is -4.38. The van der Waals surface area contributed by atoms with Crippen molar-refractivity contribution in [2.45, 2.75) is 64.1 Å². The molecule has 2 aromatic rings. The monoisotopic (exact) mass is 418 g/mol. The van der Waals surface area contributed by atoms with Gasteiger partial charge < -0.3 is 4.74 Å². The highest BCUT2D eigenvalue weighted by Crippen LogP contribution is 2.43. The molecule has 0 radical (unpaired) electrons. The van der Waals surface area contributed by atoms with Gasteiger partial charge in [-0.05, 0) is 47.4 Å². The van der Waals surface area contributed by atoms with Gasteiger partial charge in [0, 0.05) is 5.92 Å². The van der Waals surface area contributed by atoms with Crippen molar-refractivity contribution in [3.63, 3.8) is 0 Å². The Kier molecular flexibility index (Phi) is 6.59. The van der Waals surface area contributed by atoms with Crippen LogP contribution in [0.5, 0.6) is 0 Å². The van der Waals surface area contributed by atoms with Gasteiger partial charge in [-0.1, -0.05) is 69.7 Å². The molecule has 0 spiro atoms. The molecule has 1 fully saturated rings. The second-order valence-corrected chi connectivity index (χ2v) is 9.01. The molecule has 1 saturated carbocycles. The van der Waals surface area contributed by atoms with Gasteiger partial charge in [-0.2, -0.15) is 13.2 Å². The number of rotatable bonds is 5. The van der Waals surface area contributed by atoms with E-state index in [1.807, 2.05) is 18.2 Å². The molecule has 1 aliphatic carbocycles. The van der Waals surface area contributed by atoms with Crippen LogP contribution in [0.25, 0.3) is 0 Å². The fraction of sp³-hybridized carbons (Fsp3) is 0.480. The normalized spacial score (nSPS) is 22.5. The van der Waals surface area contributed by atoms with E-state index in [2.05, 4.69) is 32.9 Å². The molecule has 0 unspecified atom stereocenters. The number of ether oxygens (including phenoxy) is 1. The van der Waals surface area contributed by atoms with Crippen LogP contribution >= 0.6 is 0 Å². The molecule has 0 bridgehead atoms. The largest absolute Gasteiger partial charge is 0.462 e. The summed E-state index contributed by atoms with van der Waals surface area (Å²) in [6.07, 6.45) is -1.74. The summed E-state index contributed by atoms with van der Waals surface area (Å²) in [5.74, 6) is 0.270. The molecule has 30 heavy (non-hydrogen) atoms. The Morgan fingerprint density at radius 2 is 1.60 bits per heavy atom. The van der Waals surface area contributed by atoms with Gasteiger partial charge in [-0.25, -0.2) is 0 Å². The van der Waals surface area contributed by atoms with E-state index < -0.39 is 11.7 Å². The van der Waals surface area contributed by atoms with Crippen LogP contribution in [0.2, 0.25) is 0 Å². The molecule has 0 saturated heterocycles. The number of benzene rings is 2. The number of hydrogen-bond donors (Lipinski definition) is 0. The number of alkyl halides is 3. The molecule has 0 N–H and O–H groups in total. The Morgan fingerprint density at radius 3 is 2.20 bits per heavy atom. The molecule has 1 aliphatic rings. The first-order chi connectivity index (χ1) is 14.1. The highest BCUT2D eigenvalue weighted by Gasteiger charge is 2.42. The lowest BCUT2D eigenvalue weighted by Crippen LogP contribution is -2.43. The van der Waals surface area contributed by atoms with Crippen LogP contribution in [-0.4, -0.2) is 12.1 Å². The summed E-state index contributed by atoms with van der Waals surface area (Å²) in [5.41, 5.74) is 0.871. The minimum Gasteiger partial charge on any atom is -0.462 e. The fourth-order valence-corrected chi connectivity index (χ4v) is 4.56. The van der Waals surface area contributed by atoms with Crippen molar-refractivity contribution in [2.75, 3.05) is 0 Å². The van der Waals surface area contributed by atoms with Gasteiger partial charge in [-0.3, -0.25) is 4.79 Å². The van der Waals surface area contributed by atoms with E-state index >= 15 is 0 Å². The van der Waals surface area contributed by atoms with Gasteiger partial charge in [0.25, 0.3) is 0 Å². The van der Waals surface area contributed by atoms with E-state index in [1.165, 1.54) is 17.7 Å². The lowest BCUT2D eigenvalue weighted by molar-refractivity contribution is -0.155. The second-order valence-electron chi connectivity index (χ2n) is 9.01. The number of carbonyl (C=O) groups is 1. The van der Waals surface area contributed by atoms with Crippen LogP contribution in [0.3, 0.4) is 0 Å². The first-order valence-electron chi connectivity index (χ1n) is 10.5. The van der Waals surface area contributed by atoms with E-state index in [4.69, 9.17) is 4.74 Å². The SMILES string of the molecule is C[C@@H]1CC[C@@H](C(C)(C)c2ccccc2)[C@H](OC(=O)Cc2ccc(C(F)(F)F)cc2)C1. The van der Waals surface area contributed by atoms with Crippen LogP contribution in [0.15, 0.2) is 54.6 Å². The highest BCUT2D eigenvalue weighted by atomic mass is 19.4. The van der Waals surface area contributed by atoms with Crippen LogP contribution in [0.1, 0.15) is 56.7 Å². The molecular weight excluding hydrogens is 389 g/mol. The third-order valence-corrected chi connectivity index (χ3v) is 6.41. The maximum atomic E-state index is 12.7. The third kappa shape index (κ3) is 5.24. The van der Waals surface area contributed by atoms with E-state index in [9.17, 15) is 18.0 Å². The molecular formula is C25H29F3O2. The Labute approximate surface area is 176 Å². The van der Waals surface area contributed by atoms with Gasteiger partial charge >= 0.3 is 12.1 Å². The van der Waals surface area contributed by atoms with Crippen LogP contribution in [0, 0.1) is 11.8 Å². The first kappa shape index (κ1) is 22.4. The lowest BCUT2D eigenvalue weighted by Gasteiger charge is -2.44. The molecule has 3 rings (SSSR count). The quantitative estimate of drug-likeness (QED) is 0.513. The molecule has 0 heterocycles. The average molecular weight is 418 g/mol. The van der Waals surface area contributed by atoms with Gasteiger partial charge in [0.15, 0.2) is 0 Å². The third-order valence-electron chi connectivity index (χ3n) is 6.41. The predicted octanol–water partition coefficient (Wildman–Crippen LogP) is 6.57. The van der Waals surface area contributed by atoms with E-state index in [0.29, 0.717) is 11.5 Å². The molecule has 0 aromatic heterocycles. The zero-order valence-corrected chi connectivity index (χ0v) is 17.7. The highest BCUT2D eigenvalue weighted by molar-refractivity contribution is 5.72. The Morgan fingerprint density at radius 1 is 0.967 bits per heavy atom. The molecule has 0 amide bonds. The summed E-state index contributed by atoms with van der Waals surface area (Å²) < 4.78 is 44.1. The van der Waals surface area contributed by atoms with E-state index in [0.717, 1.165) is 31.4 Å². The number of hydrogen-bond acceptors (Lipinski definition) is 2. The van der Waals surface area contributed by atoms with Crippen molar-refractivity contribution in [3.8, 4) is 0 Å². The Bertz CT molecular complexity index is 841. The first-order valence-corrected chi connectivity index (χ1v) is 10.5. The van der Waals surface area contributed by atoms with Crippen molar-refractivity contribution in [2.24, 2.45) is 11.8 Å². The maximum absolute atomic E-state index is 12.7. The molecule has 5 heteroatoms. The minimum absolute atomic E-state index is 0.0263. The smallest absolute Gasteiger partial charge is 0.416 e. The molecule has 3 atom stereocenters. The molecule has 162 valence electrons. The average Bonchev–Trinajstić information content (AvgIpc) is 2.68. The fourth-order valence-electron chi connectivity index (χ4n) is 4.56. The standard InChI is InChI=1S/C25H29F3O2/c1-17-9-14-21(24(2,3)19-7-5-4-6-8-19)22(15-17)30-23(29)16-18-10-12-20(13-11-18)25(26,27)28/h4-8,10-13,17,21-22H,9,14-16H2,1-3H3/t17-,21-,22-/m1/s1. The summed E-state index contributed by atoms with van der Waals surface area (Å²) >= 11 is 0. The molecule has 0 aliphatic heterocycles. The van der Waals surface area contributed by atoms with Gasteiger partial charge in [0.2, 0.25) is 0 Å². The van der Waals surface area contributed by atoms with Crippen LogP contribution < -0.4 is 0 Å². The lowest BCUT2D eigenvalue weighted by atomic mass is 9.64. The summed E-state index contributed by atoms with van der Waals surface area (Å²) in [4.78, 5) is 12.6. The van der Waals surface area contributed by atoms with Crippen molar-refractivity contribution in [1.82, 2.24) is 0 Å². The van der Waals surface area contributed by atoms with Crippen molar-refractivity contribution in [1.29, 1.82) is 0 Å². The maximum Gasteiger partial charge on any atom is 0.416 e.